The number of anilines is 1. The molecule has 0 saturated heterocycles. The highest BCUT2D eigenvalue weighted by molar-refractivity contribution is 9.10. The number of ketones is 1. The van der Waals surface area contributed by atoms with Gasteiger partial charge in [-0.2, -0.15) is 5.26 Å². The highest BCUT2D eigenvalue weighted by Crippen LogP contribution is 2.25. The van der Waals surface area contributed by atoms with E-state index in [4.69, 9.17) is 0 Å². The second kappa shape index (κ2) is 7.41. The zero-order chi connectivity index (χ0) is 17.7. The molecule has 0 spiro atoms. The summed E-state index contributed by atoms with van der Waals surface area (Å²) in [5, 5.41) is 11.7. The summed E-state index contributed by atoms with van der Waals surface area (Å²) >= 11 is 3.34. The number of nitriles is 1. The number of rotatable bonds is 6. The molecule has 0 radical (unpaired) electrons. The zero-order valence-electron chi connectivity index (χ0n) is 13.5. The molecule has 0 aromatic heterocycles. The van der Waals surface area contributed by atoms with Crippen molar-refractivity contribution in [1.29, 1.82) is 5.26 Å². The Morgan fingerprint density at radius 1 is 1.25 bits per heavy atom. The average molecular weight is 385 g/mol. The van der Waals surface area contributed by atoms with Crippen LogP contribution >= 0.6 is 15.9 Å². The van der Waals surface area contributed by atoms with E-state index in [0.29, 0.717) is 17.7 Å². The Kier molecular flexibility index (Phi) is 5.53. The fraction of sp³-hybridized carbons (Fsp3) is 0.211. The third kappa shape index (κ3) is 4.09. The van der Waals surface area contributed by atoms with Crippen LogP contribution in [0, 0.1) is 11.3 Å². The lowest BCUT2D eigenvalue weighted by molar-refractivity contribution is -0.105. The number of nitrogens with one attached hydrogen (secondary N) is 1. The monoisotopic (exact) mass is 384 g/mol. The standard InChI is InChI=1S/C19H17BrN2O2/c1-19(2,11-21)14-5-3-13(4-6-14)9-18(24)16-10-15(20)7-8-17(16)22-12-23/h3-8,10,12H,9H2,1-2H3,(H,22,23). The molecule has 0 fully saturated rings. The predicted octanol–water partition coefficient (Wildman–Crippen LogP) is 4.24. The lowest BCUT2D eigenvalue weighted by Gasteiger charge is -2.16. The van der Waals surface area contributed by atoms with Gasteiger partial charge < -0.3 is 5.32 Å². The molecule has 0 bridgehead atoms. The lowest BCUT2D eigenvalue weighted by Crippen LogP contribution is -2.14. The minimum atomic E-state index is -0.562. The number of hydrogen-bond acceptors (Lipinski definition) is 3. The van der Waals surface area contributed by atoms with E-state index in [0.717, 1.165) is 15.6 Å². The molecule has 0 aliphatic heterocycles. The maximum atomic E-state index is 12.6. The van der Waals surface area contributed by atoms with Crippen molar-refractivity contribution in [2.24, 2.45) is 0 Å². The molecule has 0 unspecified atom stereocenters. The Balaban J connectivity index is 2.23. The fourth-order valence-corrected chi connectivity index (χ4v) is 2.68. The summed E-state index contributed by atoms with van der Waals surface area (Å²) in [6.45, 7) is 3.71. The molecule has 24 heavy (non-hydrogen) atoms. The van der Waals surface area contributed by atoms with E-state index in [9.17, 15) is 14.9 Å². The Bertz CT molecular complexity index is 805. The maximum absolute atomic E-state index is 12.6. The van der Waals surface area contributed by atoms with E-state index in [-0.39, 0.29) is 12.2 Å². The van der Waals surface area contributed by atoms with Crippen LogP contribution in [0.5, 0.6) is 0 Å². The van der Waals surface area contributed by atoms with Crippen LogP contribution in [0.25, 0.3) is 0 Å². The molecular formula is C19H17BrN2O2. The summed E-state index contributed by atoms with van der Waals surface area (Å²) in [5.74, 6) is -0.0899. The molecule has 0 heterocycles. The van der Waals surface area contributed by atoms with E-state index in [1.54, 1.807) is 18.2 Å². The number of halogens is 1. The van der Waals surface area contributed by atoms with E-state index < -0.39 is 5.41 Å². The second-order valence-electron chi connectivity index (χ2n) is 5.99. The third-order valence-corrected chi connectivity index (χ3v) is 4.31. The van der Waals surface area contributed by atoms with Gasteiger partial charge in [0.1, 0.15) is 0 Å². The molecule has 2 aromatic carbocycles. The molecule has 2 aromatic rings. The topological polar surface area (TPSA) is 70.0 Å². The van der Waals surface area contributed by atoms with Crippen molar-refractivity contribution in [1.82, 2.24) is 0 Å². The number of carbonyl (C=O) groups is 2. The molecule has 122 valence electrons. The normalized spacial score (nSPS) is 10.8. The number of hydrogen-bond donors (Lipinski definition) is 1. The van der Waals surface area contributed by atoms with Gasteiger partial charge in [-0.25, -0.2) is 0 Å². The van der Waals surface area contributed by atoms with Crippen molar-refractivity contribution >= 4 is 33.8 Å². The van der Waals surface area contributed by atoms with Gasteiger partial charge in [0.15, 0.2) is 5.78 Å². The maximum Gasteiger partial charge on any atom is 0.211 e. The molecule has 0 aliphatic rings. The van der Waals surface area contributed by atoms with Crippen molar-refractivity contribution < 1.29 is 9.59 Å². The van der Waals surface area contributed by atoms with Gasteiger partial charge in [-0.1, -0.05) is 40.2 Å². The molecule has 0 aliphatic carbocycles. The van der Waals surface area contributed by atoms with Crippen molar-refractivity contribution in [2.45, 2.75) is 25.7 Å². The summed E-state index contributed by atoms with van der Waals surface area (Å²) in [5.41, 5.74) is 2.15. The van der Waals surface area contributed by atoms with Crippen molar-refractivity contribution in [3.05, 3.63) is 63.6 Å². The minimum Gasteiger partial charge on any atom is -0.328 e. The van der Waals surface area contributed by atoms with Crippen molar-refractivity contribution in [3.8, 4) is 6.07 Å². The quantitative estimate of drug-likeness (QED) is 0.597. The van der Waals surface area contributed by atoms with Crippen LogP contribution < -0.4 is 5.32 Å². The first-order valence-electron chi connectivity index (χ1n) is 7.41. The van der Waals surface area contributed by atoms with Crippen LogP contribution in [0.4, 0.5) is 5.69 Å². The number of Topliss-reactive ketones (excluding diaryl/α,β-unsaturated/α-hetero) is 1. The summed E-state index contributed by atoms with van der Waals surface area (Å²) in [6.07, 6.45) is 0.774. The van der Waals surface area contributed by atoms with Crippen LogP contribution in [-0.2, 0) is 16.6 Å². The second-order valence-corrected chi connectivity index (χ2v) is 6.90. The van der Waals surface area contributed by atoms with Gasteiger partial charge in [-0.15, -0.1) is 0 Å². The predicted molar refractivity (Wildman–Crippen MR) is 96.9 cm³/mol. The molecule has 0 atom stereocenters. The van der Waals surface area contributed by atoms with E-state index in [2.05, 4.69) is 27.3 Å². The van der Waals surface area contributed by atoms with Crippen LogP contribution in [0.15, 0.2) is 46.9 Å². The van der Waals surface area contributed by atoms with Crippen LogP contribution in [-0.4, -0.2) is 12.2 Å². The first-order valence-corrected chi connectivity index (χ1v) is 8.20. The highest BCUT2D eigenvalue weighted by atomic mass is 79.9. The number of benzene rings is 2. The van der Waals surface area contributed by atoms with Crippen LogP contribution in [0.1, 0.15) is 35.3 Å². The van der Waals surface area contributed by atoms with Gasteiger partial charge >= 0.3 is 0 Å². The van der Waals surface area contributed by atoms with E-state index >= 15 is 0 Å². The molecule has 2 rings (SSSR count). The Morgan fingerprint density at radius 3 is 2.50 bits per heavy atom. The largest absolute Gasteiger partial charge is 0.328 e. The molecular weight excluding hydrogens is 368 g/mol. The SMILES string of the molecule is CC(C)(C#N)c1ccc(CC(=O)c2cc(Br)ccc2NC=O)cc1. The fourth-order valence-electron chi connectivity index (χ4n) is 2.32. The summed E-state index contributed by atoms with van der Waals surface area (Å²) in [6, 6.07) is 14.9. The molecule has 5 heteroatoms. The van der Waals surface area contributed by atoms with E-state index in [1.807, 2.05) is 38.1 Å². The summed E-state index contributed by atoms with van der Waals surface area (Å²) in [4.78, 5) is 23.3. The van der Waals surface area contributed by atoms with Gasteiger partial charge in [0.05, 0.1) is 17.2 Å². The summed E-state index contributed by atoms with van der Waals surface area (Å²) in [7, 11) is 0. The van der Waals surface area contributed by atoms with Gasteiger partial charge in [0.2, 0.25) is 6.41 Å². The summed E-state index contributed by atoms with van der Waals surface area (Å²) < 4.78 is 0.772. The van der Waals surface area contributed by atoms with Crippen LogP contribution in [0.3, 0.4) is 0 Å². The van der Waals surface area contributed by atoms with Crippen molar-refractivity contribution in [3.63, 3.8) is 0 Å². The molecule has 1 amide bonds. The van der Waals surface area contributed by atoms with Gasteiger partial charge in [-0.05, 0) is 43.2 Å². The minimum absolute atomic E-state index is 0.0899. The smallest absolute Gasteiger partial charge is 0.211 e. The van der Waals surface area contributed by atoms with Gasteiger partial charge in [0.25, 0.3) is 0 Å². The van der Waals surface area contributed by atoms with E-state index in [1.165, 1.54) is 0 Å². The zero-order valence-corrected chi connectivity index (χ0v) is 15.1. The third-order valence-electron chi connectivity index (χ3n) is 3.82. The average Bonchev–Trinajstić information content (AvgIpc) is 2.57. The van der Waals surface area contributed by atoms with Gasteiger partial charge in [-0.3, -0.25) is 9.59 Å². The Hall–Kier alpha value is -2.45. The van der Waals surface area contributed by atoms with Gasteiger partial charge in [0, 0.05) is 16.5 Å². The number of amides is 1. The molecule has 1 N–H and O–H groups in total. The lowest BCUT2D eigenvalue weighted by atomic mass is 9.85. The Morgan fingerprint density at radius 2 is 1.92 bits per heavy atom. The highest BCUT2D eigenvalue weighted by Gasteiger charge is 2.19. The van der Waals surface area contributed by atoms with Crippen LogP contribution in [0.2, 0.25) is 0 Å². The Labute approximate surface area is 149 Å². The molecule has 0 saturated carbocycles. The number of nitrogens with zero attached hydrogens (tertiary/aromatic N) is 1. The first-order chi connectivity index (χ1) is 11.4. The number of carbonyl (C=O) groups excluding carboxylic acids is 2. The molecule has 4 nitrogen and oxygen atoms in total. The first kappa shape index (κ1) is 17.9. The van der Waals surface area contributed by atoms with Crippen molar-refractivity contribution in [2.75, 3.05) is 5.32 Å².